The van der Waals surface area contributed by atoms with Crippen molar-refractivity contribution in [3.63, 3.8) is 0 Å². The molecule has 0 spiro atoms. The van der Waals surface area contributed by atoms with E-state index in [4.69, 9.17) is 9.47 Å². The second kappa shape index (κ2) is 8.02. The highest BCUT2D eigenvalue weighted by Gasteiger charge is 2.23. The maximum Gasteiger partial charge on any atom is 0.236 e. The fraction of sp³-hybridized carbons (Fsp3) is 0.444. The van der Waals surface area contributed by atoms with Crippen LogP contribution in [-0.4, -0.2) is 59.5 Å². The van der Waals surface area contributed by atoms with Crippen molar-refractivity contribution in [1.82, 2.24) is 20.0 Å². The Labute approximate surface area is 147 Å². The number of likely N-dealkylation sites (N-methyl/N-ethyl adjacent to an activating group) is 1. The van der Waals surface area contributed by atoms with Gasteiger partial charge in [-0.15, -0.1) is 0 Å². The Hall–Kier alpha value is -2.54. The third-order valence-electron chi connectivity index (χ3n) is 4.09. The zero-order valence-corrected chi connectivity index (χ0v) is 14.6. The van der Waals surface area contributed by atoms with Gasteiger partial charge in [0.2, 0.25) is 5.91 Å². The Balaban J connectivity index is 1.42. The number of hydrogen-bond acceptors (Lipinski definition) is 5. The Kier molecular flexibility index (Phi) is 5.55. The van der Waals surface area contributed by atoms with Crippen LogP contribution in [0.4, 0.5) is 0 Å². The molecule has 1 aliphatic heterocycles. The molecule has 0 aliphatic carbocycles. The first-order valence-electron chi connectivity index (χ1n) is 8.45. The van der Waals surface area contributed by atoms with Crippen molar-refractivity contribution in [2.24, 2.45) is 0 Å². The molecule has 2 atom stereocenters. The molecule has 0 saturated heterocycles. The molecular weight excluding hydrogens is 320 g/mol. The molecule has 0 fully saturated rings. The smallest absolute Gasteiger partial charge is 0.236 e. The van der Waals surface area contributed by atoms with E-state index in [1.165, 1.54) is 0 Å². The van der Waals surface area contributed by atoms with Crippen LogP contribution in [0, 0.1) is 0 Å². The van der Waals surface area contributed by atoms with E-state index in [0.717, 1.165) is 18.0 Å². The standard InChI is InChI=1S/C18H24N4O3/c1-14(11-22-9-5-8-20-22)19-10-18(23)21(2)12-15-13-24-16-6-3-4-7-17(16)25-15/h3-9,14-15,19H,10-13H2,1-2H3/t14-,15+/m0/s1. The summed E-state index contributed by atoms with van der Waals surface area (Å²) in [7, 11) is 1.78. The van der Waals surface area contributed by atoms with E-state index in [9.17, 15) is 4.79 Å². The van der Waals surface area contributed by atoms with Crippen molar-refractivity contribution in [2.45, 2.75) is 25.6 Å². The van der Waals surface area contributed by atoms with Crippen molar-refractivity contribution in [2.75, 3.05) is 26.7 Å². The third-order valence-corrected chi connectivity index (χ3v) is 4.09. The fourth-order valence-corrected chi connectivity index (χ4v) is 2.71. The van der Waals surface area contributed by atoms with Crippen LogP contribution in [0.5, 0.6) is 11.5 Å². The monoisotopic (exact) mass is 344 g/mol. The van der Waals surface area contributed by atoms with Gasteiger partial charge in [0.1, 0.15) is 6.61 Å². The van der Waals surface area contributed by atoms with Crippen molar-refractivity contribution >= 4 is 5.91 Å². The largest absolute Gasteiger partial charge is 0.486 e. The minimum absolute atomic E-state index is 0.0229. The Morgan fingerprint density at radius 3 is 2.96 bits per heavy atom. The lowest BCUT2D eigenvalue weighted by molar-refractivity contribution is -0.130. The van der Waals surface area contributed by atoms with E-state index < -0.39 is 0 Å². The summed E-state index contributed by atoms with van der Waals surface area (Å²) in [5.74, 6) is 1.50. The summed E-state index contributed by atoms with van der Waals surface area (Å²) in [6, 6.07) is 9.61. The quantitative estimate of drug-likeness (QED) is 0.816. The van der Waals surface area contributed by atoms with Gasteiger partial charge in [-0.3, -0.25) is 9.48 Å². The van der Waals surface area contributed by atoms with Gasteiger partial charge in [0.25, 0.3) is 0 Å². The first-order valence-corrected chi connectivity index (χ1v) is 8.45. The summed E-state index contributed by atoms with van der Waals surface area (Å²) in [5, 5.41) is 7.40. The summed E-state index contributed by atoms with van der Waals surface area (Å²) < 4.78 is 13.4. The van der Waals surface area contributed by atoms with Gasteiger partial charge in [-0.2, -0.15) is 5.10 Å². The van der Waals surface area contributed by atoms with Crippen LogP contribution in [0.3, 0.4) is 0 Å². The van der Waals surface area contributed by atoms with Gasteiger partial charge in [-0.25, -0.2) is 0 Å². The van der Waals surface area contributed by atoms with Crippen molar-refractivity contribution < 1.29 is 14.3 Å². The van der Waals surface area contributed by atoms with E-state index in [2.05, 4.69) is 10.4 Å². The number of nitrogens with one attached hydrogen (secondary N) is 1. The summed E-state index contributed by atoms with van der Waals surface area (Å²) in [6.45, 7) is 3.97. The first kappa shape index (κ1) is 17.3. The molecule has 3 rings (SSSR count). The van der Waals surface area contributed by atoms with Crippen molar-refractivity contribution in [3.05, 3.63) is 42.7 Å². The molecule has 7 nitrogen and oxygen atoms in total. The lowest BCUT2D eigenvalue weighted by atomic mass is 10.2. The Bertz CT molecular complexity index is 689. The molecule has 25 heavy (non-hydrogen) atoms. The van der Waals surface area contributed by atoms with Crippen LogP contribution in [0.1, 0.15) is 6.92 Å². The number of para-hydroxylation sites is 2. The Morgan fingerprint density at radius 1 is 1.40 bits per heavy atom. The highest BCUT2D eigenvalue weighted by molar-refractivity contribution is 5.78. The van der Waals surface area contributed by atoms with Gasteiger partial charge < -0.3 is 19.7 Å². The van der Waals surface area contributed by atoms with Gasteiger partial charge in [0, 0.05) is 25.5 Å². The molecule has 7 heteroatoms. The lowest BCUT2D eigenvalue weighted by Gasteiger charge is -2.29. The van der Waals surface area contributed by atoms with Crippen LogP contribution in [-0.2, 0) is 11.3 Å². The molecular formula is C18H24N4O3. The van der Waals surface area contributed by atoms with Crippen LogP contribution >= 0.6 is 0 Å². The minimum atomic E-state index is -0.162. The summed E-state index contributed by atoms with van der Waals surface area (Å²) in [6.07, 6.45) is 3.49. The zero-order chi connectivity index (χ0) is 17.6. The second-order valence-electron chi connectivity index (χ2n) is 6.28. The highest BCUT2D eigenvalue weighted by Crippen LogP contribution is 2.30. The van der Waals surface area contributed by atoms with E-state index in [-0.39, 0.29) is 24.6 Å². The predicted molar refractivity (Wildman–Crippen MR) is 93.7 cm³/mol. The number of hydrogen-bond donors (Lipinski definition) is 1. The summed E-state index contributed by atoms with van der Waals surface area (Å²) in [4.78, 5) is 14.0. The van der Waals surface area contributed by atoms with Crippen LogP contribution in [0.25, 0.3) is 0 Å². The van der Waals surface area contributed by atoms with Crippen LogP contribution in [0.2, 0.25) is 0 Å². The number of nitrogens with zero attached hydrogens (tertiary/aromatic N) is 3. The maximum absolute atomic E-state index is 12.3. The van der Waals surface area contributed by atoms with Crippen LogP contribution < -0.4 is 14.8 Å². The number of benzene rings is 1. The number of rotatable bonds is 7. The van der Waals surface area contributed by atoms with Gasteiger partial charge in [-0.05, 0) is 25.1 Å². The normalized spacial score (nSPS) is 17.1. The number of fused-ring (bicyclic) bond motifs is 1. The minimum Gasteiger partial charge on any atom is -0.486 e. The molecule has 0 bridgehead atoms. The molecule has 0 unspecified atom stereocenters. The molecule has 134 valence electrons. The fourth-order valence-electron chi connectivity index (χ4n) is 2.71. The average Bonchev–Trinajstić information content (AvgIpc) is 3.12. The van der Waals surface area contributed by atoms with Crippen molar-refractivity contribution in [3.8, 4) is 11.5 Å². The number of aromatic nitrogens is 2. The van der Waals surface area contributed by atoms with E-state index in [1.54, 1.807) is 18.1 Å². The van der Waals surface area contributed by atoms with Crippen molar-refractivity contribution in [1.29, 1.82) is 0 Å². The van der Waals surface area contributed by atoms with E-state index in [1.807, 2.05) is 48.1 Å². The number of ether oxygens (including phenoxy) is 2. The predicted octanol–water partition coefficient (Wildman–Crippen LogP) is 1.16. The lowest BCUT2D eigenvalue weighted by Crippen LogP contribution is -2.46. The van der Waals surface area contributed by atoms with Gasteiger partial charge in [0.05, 0.1) is 19.6 Å². The van der Waals surface area contributed by atoms with Crippen LogP contribution in [0.15, 0.2) is 42.7 Å². The Morgan fingerprint density at radius 2 is 2.20 bits per heavy atom. The molecule has 1 amide bonds. The molecule has 1 aromatic heterocycles. The van der Waals surface area contributed by atoms with E-state index >= 15 is 0 Å². The molecule has 1 aromatic carbocycles. The molecule has 0 saturated carbocycles. The molecule has 1 N–H and O–H groups in total. The highest BCUT2D eigenvalue weighted by atomic mass is 16.6. The van der Waals surface area contributed by atoms with Gasteiger partial charge in [0.15, 0.2) is 17.6 Å². The number of carbonyl (C=O) groups is 1. The molecule has 0 radical (unpaired) electrons. The maximum atomic E-state index is 12.3. The number of carbonyl (C=O) groups excluding carboxylic acids is 1. The second-order valence-corrected chi connectivity index (χ2v) is 6.28. The molecule has 2 heterocycles. The summed E-state index contributed by atoms with van der Waals surface area (Å²) >= 11 is 0. The molecule has 2 aromatic rings. The topological polar surface area (TPSA) is 68.6 Å². The van der Waals surface area contributed by atoms with Gasteiger partial charge >= 0.3 is 0 Å². The first-order chi connectivity index (χ1) is 12.1. The summed E-state index contributed by atoms with van der Waals surface area (Å²) in [5.41, 5.74) is 0. The zero-order valence-electron chi connectivity index (χ0n) is 14.6. The average molecular weight is 344 g/mol. The molecule has 1 aliphatic rings. The van der Waals surface area contributed by atoms with Gasteiger partial charge in [-0.1, -0.05) is 12.1 Å². The third kappa shape index (κ3) is 4.73. The number of amides is 1. The SMILES string of the molecule is C[C@@H](Cn1cccn1)NCC(=O)N(C)C[C@@H]1COc2ccccc2O1. The van der Waals surface area contributed by atoms with E-state index in [0.29, 0.717) is 13.2 Å².